The van der Waals surface area contributed by atoms with Gasteiger partial charge in [-0.3, -0.25) is 24.6 Å². The number of pyridine rings is 1. The van der Waals surface area contributed by atoms with Crippen LogP contribution in [0.15, 0.2) is 77.7 Å². The normalized spacial score (nSPS) is 16.7. The van der Waals surface area contributed by atoms with Crippen LogP contribution in [0.3, 0.4) is 0 Å². The topological polar surface area (TPSA) is 159 Å². The second-order valence-electron chi connectivity index (χ2n) is 9.66. The lowest BCUT2D eigenvalue weighted by Crippen LogP contribution is -2.39. The number of amides is 2. The van der Waals surface area contributed by atoms with Crippen molar-refractivity contribution in [1.29, 1.82) is 5.41 Å². The smallest absolute Gasteiger partial charge is 0.304 e. The first kappa shape index (κ1) is 27.3. The highest BCUT2D eigenvalue weighted by molar-refractivity contribution is 6.04. The molecule has 1 aliphatic heterocycles. The van der Waals surface area contributed by atoms with Crippen LogP contribution in [0.5, 0.6) is 0 Å². The average Bonchev–Trinajstić information content (AvgIpc) is 3.19. The fourth-order valence-electron chi connectivity index (χ4n) is 4.89. The largest absolute Gasteiger partial charge is 0.481 e. The third-order valence-electron chi connectivity index (χ3n) is 6.86. The lowest BCUT2D eigenvalue weighted by Gasteiger charge is -2.25. The molecule has 10 nitrogen and oxygen atoms in total. The number of nitrogens with zero attached hydrogens (tertiary/aromatic N) is 2. The van der Waals surface area contributed by atoms with Crippen molar-refractivity contribution in [3.8, 4) is 0 Å². The summed E-state index contributed by atoms with van der Waals surface area (Å²) in [5, 5.41) is 19.5. The Morgan fingerprint density at radius 2 is 1.69 bits per heavy atom. The zero-order valence-corrected chi connectivity index (χ0v) is 21.4. The van der Waals surface area contributed by atoms with Crippen LogP contribution in [0.4, 0.5) is 5.69 Å². The number of carboxylic acids is 1. The van der Waals surface area contributed by atoms with Crippen molar-refractivity contribution in [3.63, 3.8) is 0 Å². The molecule has 0 spiro atoms. The van der Waals surface area contributed by atoms with E-state index in [9.17, 15) is 24.3 Å². The third-order valence-corrected chi connectivity index (χ3v) is 6.86. The minimum atomic E-state index is -1.04. The zero-order valence-electron chi connectivity index (χ0n) is 21.4. The molecule has 0 bridgehead atoms. The maximum atomic E-state index is 13.1. The number of nitrogens with two attached hydrogens (primary N) is 1. The summed E-state index contributed by atoms with van der Waals surface area (Å²) in [6.45, 7) is 0.597. The molecule has 2 aromatic carbocycles. The first-order chi connectivity index (χ1) is 18.7. The predicted octanol–water partition coefficient (Wildman–Crippen LogP) is 2.71. The minimum absolute atomic E-state index is 0.0787. The van der Waals surface area contributed by atoms with E-state index >= 15 is 0 Å². The summed E-state index contributed by atoms with van der Waals surface area (Å²) in [5.41, 5.74) is 7.58. The van der Waals surface area contributed by atoms with Crippen molar-refractivity contribution in [2.75, 3.05) is 11.9 Å². The lowest BCUT2D eigenvalue weighted by atomic mass is 10.0. The summed E-state index contributed by atoms with van der Waals surface area (Å²) >= 11 is 0. The van der Waals surface area contributed by atoms with Crippen LogP contribution in [-0.2, 0) is 22.6 Å². The van der Waals surface area contributed by atoms with Gasteiger partial charge in [0, 0.05) is 36.6 Å². The molecular formula is C29H31N5O5. The van der Waals surface area contributed by atoms with Crippen molar-refractivity contribution in [2.24, 2.45) is 11.7 Å². The number of likely N-dealkylation sites (tertiary alicyclic amines) is 1. The fourth-order valence-corrected chi connectivity index (χ4v) is 4.89. The van der Waals surface area contributed by atoms with Gasteiger partial charge in [0.1, 0.15) is 5.84 Å². The zero-order chi connectivity index (χ0) is 27.9. The van der Waals surface area contributed by atoms with E-state index in [0.29, 0.717) is 30.6 Å². The molecule has 202 valence electrons. The molecule has 2 atom stereocenters. The predicted molar refractivity (Wildman–Crippen MR) is 147 cm³/mol. The molecule has 0 radical (unpaired) electrons. The Hall–Kier alpha value is -4.73. The highest BCUT2D eigenvalue weighted by Gasteiger charge is 2.40. The number of carboxylic acid groups (broad SMARTS) is 1. The van der Waals surface area contributed by atoms with Gasteiger partial charge in [-0.15, -0.1) is 0 Å². The van der Waals surface area contributed by atoms with Crippen LogP contribution in [0.25, 0.3) is 0 Å². The number of hydrogen-bond donors (Lipinski definition) is 4. The number of aliphatic carboxylic acids is 1. The van der Waals surface area contributed by atoms with Gasteiger partial charge in [-0.1, -0.05) is 30.3 Å². The molecule has 2 amide bonds. The summed E-state index contributed by atoms with van der Waals surface area (Å²) < 4.78 is 1.40. The number of benzene rings is 2. The monoisotopic (exact) mass is 529 g/mol. The number of carbonyl (C=O) groups excluding carboxylic acids is 2. The van der Waals surface area contributed by atoms with Crippen LogP contribution in [0, 0.1) is 11.3 Å². The van der Waals surface area contributed by atoms with E-state index in [1.54, 1.807) is 29.2 Å². The van der Waals surface area contributed by atoms with Gasteiger partial charge in [0.05, 0.1) is 23.9 Å². The maximum Gasteiger partial charge on any atom is 0.304 e. The molecule has 0 unspecified atom stereocenters. The first-order valence-corrected chi connectivity index (χ1v) is 12.7. The number of hydrogen-bond acceptors (Lipinski definition) is 5. The SMILES string of the molecule is N=C(N)c1ccc(NC(=O)c2ccc(=O)n(C[C@@H]3C[C@@H](CC(=O)O)C(=O)N3CCCc3ccccc3)c2)cc1. The molecule has 1 saturated heterocycles. The quantitative estimate of drug-likeness (QED) is 0.221. The molecule has 1 aromatic heterocycles. The number of amidine groups is 1. The Labute approximate surface area is 225 Å². The molecule has 1 aliphatic rings. The van der Waals surface area contributed by atoms with E-state index in [4.69, 9.17) is 11.1 Å². The van der Waals surface area contributed by atoms with Gasteiger partial charge in [0.15, 0.2) is 0 Å². The van der Waals surface area contributed by atoms with Gasteiger partial charge in [-0.25, -0.2) is 0 Å². The van der Waals surface area contributed by atoms with E-state index in [1.807, 2.05) is 30.3 Å². The van der Waals surface area contributed by atoms with Crippen molar-refractivity contribution in [1.82, 2.24) is 9.47 Å². The Kier molecular flexibility index (Phi) is 8.55. The van der Waals surface area contributed by atoms with Crippen LogP contribution in [-0.4, -0.2) is 50.8 Å². The molecule has 2 heterocycles. The Balaban J connectivity index is 1.48. The lowest BCUT2D eigenvalue weighted by molar-refractivity contribution is -0.142. The standard InChI is InChI=1S/C29H31N5O5/c30-27(31)20-8-11-23(12-9-20)32-28(38)21-10-13-25(35)33(17-21)18-24-15-22(16-26(36)37)29(39)34(24)14-4-7-19-5-2-1-3-6-19/h1-3,5-6,8-13,17,22,24H,4,7,14-16,18H2,(H3,30,31)(H,32,38)(H,36,37)/t22-,24-/m0/s1. The molecule has 1 fully saturated rings. The number of anilines is 1. The van der Waals surface area contributed by atoms with Crippen LogP contribution >= 0.6 is 0 Å². The van der Waals surface area contributed by atoms with Crippen molar-refractivity contribution in [3.05, 3.63) is 100.0 Å². The second kappa shape index (κ2) is 12.2. The number of nitrogen functional groups attached to an aromatic ring is 1. The number of aryl methyl sites for hydroxylation is 1. The first-order valence-electron chi connectivity index (χ1n) is 12.7. The molecule has 3 aromatic rings. The van der Waals surface area contributed by atoms with Gasteiger partial charge in [0.2, 0.25) is 5.91 Å². The maximum absolute atomic E-state index is 13.1. The van der Waals surface area contributed by atoms with Gasteiger partial charge < -0.3 is 25.6 Å². The Bertz CT molecular complexity index is 1420. The van der Waals surface area contributed by atoms with E-state index in [1.165, 1.54) is 22.9 Å². The summed E-state index contributed by atoms with van der Waals surface area (Å²) in [4.78, 5) is 51.7. The van der Waals surface area contributed by atoms with Crippen LogP contribution in [0.1, 0.15) is 40.7 Å². The number of nitrogens with one attached hydrogen (secondary N) is 2. The van der Waals surface area contributed by atoms with Crippen LogP contribution < -0.4 is 16.6 Å². The van der Waals surface area contributed by atoms with Crippen molar-refractivity contribution < 1.29 is 19.5 Å². The van der Waals surface area contributed by atoms with E-state index in [0.717, 1.165) is 12.0 Å². The fraction of sp³-hybridized carbons (Fsp3) is 0.276. The van der Waals surface area contributed by atoms with E-state index in [-0.39, 0.29) is 41.9 Å². The van der Waals surface area contributed by atoms with Crippen molar-refractivity contribution in [2.45, 2.75) is 38.3 Å². The minimum Gasteiger partial charge on any atom is -0.481 e. The van der Waals surface area contributed by atoms with Gasteiger partial charge in [-0.05, 0) is 55.2 Å². The Morgan fingerprint density at radius 3 is 2.36 bits per heavy atom. The molecule has 5 N–H and O–H groups in total. The highest BCUT2D eigenvalue weighted by atomic mass is 16.4. The molecule has 0 saturated carbocycles. The molecule has 0 aliphatic carbocycles. The number of aromatic nitrogens is 1. The summed E-state index contributed by atoms with van der Waals surface area (Å²) in [6.07, 6.45) is 2.99. The van der Waals surface area contributed by atoms with Gasteiger partial charge >= 0.3 is 5.97 Å². The molecular weight excluding hydrogens is 498 g/mol. The summed E-state index contributed by atoms with van der Waals surface area (Å²) in [5.74, 6) is -2.41. The van der Waals surface area contributed by atoms with Gasteiger partial charge in [0.25, 0.3) is 11.5 Å². The highest BCUT2D eigenvalue weighted by Crippen LogP contribution is 2.29. The molecule has 10 heteroatoms. The summed E-state index contributed by atoms with van der Waals surface area (Å²) in [7, 11) is 0. The van der Waals surface area contributed by atoms with Crippen LogP contribution in [0.2, 0.25) is 0 Å². The van der Waals surface area contributed by atoms with Gasteiger partial charge in [-0.2, -0.15) is 0 Å². The molecule has 4 rings (SSSR count). The molecule has 39 heavy (non-hydrogen) atoms. The number of carbonyl (C=O) groups is 3. The third kappa shape index (κ3) is 6.98. The Morgan fingerprint density at radius 1 is 1.00 bits per heavy atom. The second-order valence-corrected chi connectivity index (χ2v) is 9.66. The van der Waals surface area contributed by atoms with Crippen molar-refractivity contribution >= 4 is 29.3 Å². The summed E-state index contributed by atoms with van der Waals surface area (Å²) in [6, 6.07) is 18.8. The van der Waals surface area contributed by atoms with E-state index in [2.05, 4.69) is 5.32 Å². The number of rotatable bonds is 11. The average molecular weight is 530 g/mol. The van der Waals surface area contributed by atoms with E-state index < -0.39 is 17.8 Å².